The first kappa shape index (κ1) is 14.1. The second kappa shape index (κ2) is 5.85. The first-order valence-electron chi connectivity index (χ1n) is 7.37. The van der Waals surface area contributed by atoms with E-state index < -0.39 is 0 Å². The van der Waals surface area contributed by atoms with Crippen LogP contribution < -0.4 is 10.1 Å². The van der Waals surface area contributed by atoms with E-state index in [2.05, 4.69) is 10.2 Å². The minimum absolute atomic E-state index is 0.110. The van der Waals surface area contributed by atoms with Gasteiger partial charge in [-0.15, -0.1) is 0 Å². The number of hydrogen-bond donors (Lipinski definition) is 1. The van der Waals surface area contributed by atoms with Crippen LogP contribution in [0.4, 0.5) is 0 Å². The summed E-state index contributed by atoms with van der Waals surface area (Å²) < 4.78 is 5.39. The summed E-state index contributed by atoms with van der Waals surface area (Å²) in [6, 6.07) is 5.73. The van der Waals surface area contributed by atoms with Gasteiger partial charge >= 0.3 is 0 Å². The Labute approximate surface area is 124 Å². The number of amides is 1. The van der Waals surface area contributed by atoms with Crippen molar-refractivity contribution in [2.24, 2.45) is 5.92 Å². The molecule has 2 saturated heterocycles. The minimum atomic E-state index is 0.110. The number of likely N-dealkylation sites (tertiary alicyclic amines) is 1. The fourth-order valence-corrected chi connectivity index (χ4v) is 3.45. The van der Waals surface area contributed by atoms with Crippen molar-refractivity contribution in [3.05, 3.63) is 29.3 Å². The number of piperidine rings is 1. The average Bonchev–Trinajstić information content (AvgIpc) is 2.90. The monoisotopic (exact) mass is 288 g/mol. The number of nitrogens with one attached hydrogen (secondary N) is 1. The maximum Gasteiger partial charge on any atom is 0.224 e. The molecule has 2 atom stereocenters. The van der Waals surface area contributed by atoms with Gasteiger partial charge < -0.3 is 10.1 Å². The van der Waals surface area contributed by atoms with Gasteiger partial charge in [-0.3, -0.25) is 14.5 Å². The Morgan fingerprint density at radius 2 is 2.33 bits per heavy atom. The molecule has 0 saturated carbocycles. The number of nitrogens with zero attached hydrogens (tertiary/aromatic N) is 1. The molecule has 0 aliphatic carbocycles. The maximum atomic E-state index is 11.8. The van der Waals surface area contributed by atoms with Gasteiger partial charge in [0.15, 0.2) is 0 Å². The zero-order chi connectivity index (χ0) is 14.8. The molecule has 21 heavy (non-hydrogen) atoms. The van der Waals surface area contributed by atoms with Gasteiger partial charge in [0, 0.05) is 30.3 Å². The Morgan fingerprint density at radius 1 is 1.48 bits per heavy atom. The van der Waals surface area contributed by atoms with Gasteiger partial charge in [0.25, 0.3) is 0 Å². The topological polar surface area (TPSA) is 58.6 Å². The summed E-state index contributed by atoms with van der Waals surface area (Å²) in [6.45, 7) is 2.41. The molecule has 2 heterocycles. The van der Waals surface area contributed by atoms with Crippen LogP contribution in [0, 0.1) is 5.92 Å². The summed E-state index contributed by atoms with van der Waals surface area (Å²) in [7, 11) is 1.64. The number of carbonyl (C=O) groups excluding carboxylic acids is 2. The van der Waals surface area contributed by atoms with E-state index in [1.807, 2.05) is 12.1 Å². The van der Waals surface area contributed by atoms with E-state index in [0.717, 1.165) is 43.5 Å². The van der Waals surface area contributed by atoms with E-state index in [0.29, 0.717) is 12.1 Å². The SMILES string of the molecule is COc1ccc(C=O)cc1CN1CCCC2C(=O)NCC21. The van der Waals surface area contributed by atoms with Crippen LogP contribution in [0.1, 0.15) is 28.8 Å². The first-order chi connectivity index (χ1) is 10.2. The van der Waals surface area contributed by atoms with Crippen molar-refractivity contribution in [3.8, 4) is 5.75 Å². The zero-order valence-electron chi connectivity index (χ0n) is 12.2. The Kier molecular flexibility index (Phi) is 3.92. The van der Waals surface area contributed by atoms with Gasteiger partial charge in [0.05, 0.1) is 13.0 Å². The van der Waals surface area contributed by atoms with Crippen molar-refractivity contribution in [1.82, 2.24) is 10.2 Å². The van der Waals surface area contributed by atoms with Gasteiger partial charge in [-0.1, -0.05) is 0 Å². The van der Waals surface area contributed by atoms with Gasteiger partial charge in [-0.25, -0.2) is 0 Å². The molecule has 2 aliphatic rings. The highest BCUT2D eigenvalue weighted by molar-refractivity contribution is 5.82. The summed E-state index contributed by atoms with van der Waals surface area (Å²) in [4.78, 5) is 25.1. The highest BCUT2D eigenvalue weighted by Crippen LogP contribution is 2.30. The van der Waals surface area contributed by atoms with E-state index in [1.54, 1.807) is 13.2 Å². The fourth-order valence-electron chi connectivity index (χ4n) is 3.45. The molecule has 1 aromatic rings. The molecule has 0 bridgehead atoms. The lowest BCUT2D eigenvalue weighted by Gasteiger charge is -2.36. The molecule has 0 aromatic heterocycles. The molecule has 1 N–H and O–H groups in total. The van der Waals surface area contributed by atoms with Crippen molar-refractivity contribution < 1.29 is 14.3 Å². The maximum absolute atomic E-state index is 11.8. The molecule has 0 spiro atoms. The number of methoxy groups -OCH3 is 1. The van der Waals surface area contributed by atoms with Crippen LogP contribution in [0.2, 0.25) is 0 Å². The minimum Gasteiger partial charge on any atom is -0.496 e. The van der Waals surface area contributed by atoms with Crippen LogP contribution in [-0.4, -0.2) is 43.3 Å². The Balaban J connectivity index is 1.82. The normalized spacial score (nSPS) is 25.3. The lowest BCUT2D eigenvalue weighted by Crippen LogP contribution is -2.44. The molecular formula is C16H20N2O3. The predicted octanol–water partition coefficient (Wildman–Crippen LogP) is 1.22. The number of aldehydes is 1. The largest absolute Gasteiger partial charge is 0.496 e. The summed E-state index contributed by atoms with van der Waals surface area (Å²) in [5.41, 5.74) is 1.65. The Hall–Kier alpha value is -1.88. The number of rotatable bonds is 4. The standard InChI is InChI=1S/C16H20N2O3/c1-21-15-5-4-11(10-19)7-12(15)9-18-6-2-3-13-14(18)8-17-16(13)20/h4-5,7,10,13-14H,2-3,6,8-9H2,1H3,(H,17,20). The van der Waals surface area contributed by atoms with E-state index in [-0.39, 0.29) is 17.9 Å². The number of fused-ring (bicyclic) bond motifs is 1. The molecule has 5 nitrogen and oxygen atoms in total. The number of carbonyl (C=O) groups is 2. The van der Waals surface area contributed by atoms with Crippen LogP contribution in [-0.2, 0) is 11.3 Å². The third-order valence-corrected chi connectivity index (χ3v) is 4.53. The number of hydrogen-bond acceptors (Lipinski definition) is 4. The van der Waals surface area contributed by atoms with E-state index in [9.17, 15) is 9.59 Å². The number of benzene rings is 1. The molecule has 2 unspecified atom stereocenters. The molecule has 112 valence electrons. The highest BCUT2D eigenvalue weighted by atomic mass is 16.5. The molecular weight excluding hydrogens is 268 g/mol. The van der Waals surface area contributed by atoms with Crippen molar-refractivity contribution >= 4 is 12.2 Å². The van der Waals surface area contributed by atoms with Crippen LogP contribution in [0.3, 0.4) is 0 Å². The average molecular weight is 288 g/mol. The van der Waals surface area contributed by atoms with Crippen molar-refractivity contribution in [2.45, 2.75) is 25.4 Å². The molecule has 3 rings (SSSR count). The predicted molar refractivity (Wildman–Crippen MR) is 78.3 cm³/mol. The molecule has 2 fully saturated rings. The number of ether oxygens (including phenoxy) is 1. The lowest BCUT2D eigenvalue weighted by molar-refractivity contribution is -0.124. The molecule has 2 aliphatic heterocycles. The molecule has 0 radical (unpaired) electrons. The Morgan fingerprint density at radius 3 is 3.10 bits per heavy atom. The van der Waals surface area contributed by atoms with Crippen molar-refractivity contribution in [2.75, 3.05) is 20.2 Å². The molecule has 5 heteroatoms. The summed E-state index contributed by atoms with van der Waals surface area (Å²) in [6.07, 6.45) is 2.85. The molecule has 1 amide bonds. The third kappa shape index (κ3) is 2.65. The second-order valence-corrected chi connectivity index (χ2v) is 5.72. The lowest BCUT2D eigenvalue weighted by atomic mass is 9.91. The smallest absolute Gasteiger partial charge is 0.224 e. The van der Waals surface area contributed by atoms with E-state index in [1.165, 1.54) is 0 Å². The van der Waals surface area contributed by atoms with Crippen molar-refractivity contribution in [3.63, 3.8) is 0 Å². The van der Waals surface area contributed by atoms with E-state index in [4.69, 9.17) is 4.74 Å². The quantitative estimate of drug-likeness (QED) is 0.846. The van der Waals surface area contributed by atoms with Crippen LogP contribution >= 0.6 is 0 Å². The van der Waals surface area contributed by atoms with Gasteiger partial charge in [-0.05, 0) is 37.6 Å². The first-order valence-corrected chi connectivity index (χ1v) is 7.37. The fraction of sp³-hybridized carbons (Fsp3) is 0.500. The summed E-state index contributed by atoms with van der Waals surface area (Å²) in [5, 5.41) is 2.96. The summed E-state index contributed by atoms with van der Waals surface area (Å²) >= 11 is 0. The second-order valence-electron chi connectivity index (χ2n) is 5.72. The van der Waals surface area contributed by atoms with Gasteiger partial charge in [0.2, 0.25) is 5.91 Å². The zero-order valence-corrected chi connectivity index (χ0v) is 12.2. The highest BCUT2D eigenvalue weighted by Gasteiger charge is 2.40. The van der Waals surface area contributed by atoms with Crippen LogP contribution in [0.5, 0.6) is 5.75 Å². The Bertz CT molecular complexity index is 558. The van der Waals surface area contributed by atoms with Gasteiger partial charge in [-0.2, -0.15) is 0 Å². The van der Waals surface area contributed by atoms with Gasteiger partial charge in [0.1, 0.15) is 12.0 Å². The van der Waals surface area contributed by atoms with Crippen molar-refractivity contribution in [1.29, 1.82) is 0 Å². The van der Waals surface area contributed by atoms with Crippen LogP contribution in [0.15, 0.2) is 18.2 Å². The molecule has 1 aromatic carbocycles. The summed E-state index contributed by atoms with van der Waals surface area (Å²) in [5.74, 6) is 1.08. The van der Waals surface area contributed by atoms with Crippen LogP contribution in [0.25, 0.3) is 0 Å². The van der Waals surface area contributed by atoms with E-state index >= 15 is 0 Å². The third-order valence-electron chi connectivity index (χ3n) is 4.53.